The van der Waals surface area contributed by atoms with E-state index < -0.39 is 0 Å². The zero-order valence-electron chi connectivity index (χ0n) is 10.3. The number of aromatic nitrogens is 1. The highest BCUT2D eigenvalue weighted by Gasteiger charge is 2.30. The minimum atomic E-state index is -0.106. The predicted molar refractivity (Wildman–Crippen MR) is 67.9 cm³/mol. The molecule has 1 aliphatic rings. The molecule has 2 rings (SSSR count). The molecule has 1 heterocycles. The molecule has 1 amide bonds. The Morgan fingerprint density at radius 1 is 1.56 bits per heavy atom. The van der Waals surface area contributed by atoms with E-state index in [1.54, 1.807) is 12.1 Å². The van der Waals surface area contributed by atoms with Crippen LogP contribution in [-0.2, 0) is 4.74 Å². The molecule has 1 fully saturated rings. The van der Waals surface area contributed by atoms with Crippen molar-refractivity contribution in [3.63, 3.8) is 0 Å². The van der Waals surface area contributed by atoms with E-state index in [1.165, 1.54) is 6.20 Å². The van der Waals surface area contributed by atoms with E-state index in [0.717, 1.165) is 19.4 Å². The number of rotatable bonds is 5. The molecule has 0 bridgehead atoms. The number of nitrogens with two attached hydrogens (primary N) is 1. The lowest BCUT2D eigenvalue weighted by Crippen LogP contribution is -2.47. The third-order valence-corrected chi connectivity index (χ3v) is 3.01. The molecular weight excluding hydrogens is 232 g/mol. The smallest absolute Gasteiger partial charge is 0.253 e. The maximum atomic E-state index is 11.9. The first kappa shape index (κ1) is 12.8. The minimum Gasteiger partial charge on any atom is -0.378 e. The Morgan fingerprint density at radius 3 is 2.89 bits per heavy atom. The highest BCUT2D eigenvalue weighted by Crippen LogP contribution is 2.23. The van der Waals surface area contributed by atoms with Crippen LogP contribution in [0.25, 0.3) is 0 Å². The number of amides is 1. The molecule has 1 aliphatic carbocycles. The summed E-state index contributed by atoms with van der Waals surface area (Å²) in [6.07, 6.45) is 3.57. The molecule has 4 N–H and O–H groups in total. The predicted octanol–water partition coefficient (Wildman–Crippen LogP) is 0.665. The molecule has 6 heteroatoms. The molecule has 6 nitrogen and oxygen atoms in total. The van der Waals surface area contributed by atoms with Gasteiger partial charge in [0.25, 0.3) is 5.91 Å². The van der Waals surface area contributed by atoms with Gasteiger partial charge < -0.3 is 15.5 Å². The molecule has 0 aromatic carbocycles. The second-order valence-corrected chi connectivity index (χ2v) is 4.30. The van der Waals surface area contributed by atoms with E-state index in [2.05, 4.69) is 15.7 Å². The maximum absolute atomic E-state index is 11.9. The number of hydrazine groups is 1. The number of hydrogen-bond acceptors (Lipinski definition) is 5. The van der Waals surface area contributed by atoms with Gasteiger partial charge in [0.15, 0.2) is 0 Å². The third kappa shape index (κ3) is 2.96. The van der Waals surface area contributed by atoms with Crippen molar-refractivity contribution in [2.24, 2.45) is 5.84 Å². The first-order chi connectivity index (χ1) is 8.72. The van der Waals surface area contributed by atoms with E-state index in [1.807, 2.05) is 6.92 Å². The second-order valence-electron chi connectivity index (χ2n) is 4.30. The quantitative estimate of drug-likeness (QED) is 0.528. The molecule has 0 unspecified atom stereocenters. The minimum absolute atomic E-state index is 0.106. The largest absolute Gasteiger partial charge is 0.378 e. The summed E-state index contributed by atoms with van der Waals surface area (Å²) in [6, 6.07) is 3.57. The number of ether oxygens (including phenoxy) is 1. The zero-order valence-corrected chi connectivity index (χ0v) is 10.3. The molecule has 0 atom stereocenters. The van der Waals surface area contributed by atoms with Crippen LogP contribution in [0, 0.1) is 0 Å². The molecule has 0 spiro atoms. The Bertz CT molecular complexity index is 401. The van der Waals surface area contributed by atoms with E-state index in [4.69, 9.17) is 10.6 Å². The van der Waals surface area contributed by atoms with E-state index >= 15 is 0 Å². The van der Waals surface area contributed by atoms with Gasteiger partial charge in [-0.25, -0.2) is 10.8 Å². The first-order valence-electron chi connectivity index (χ1n) is 6.08. The Labute approximate surface area is 106 Å². The number of hydrogen-bond donors (Lipinski definition) is 3. The average molecular weight is 250 g/mol. The van der Waals surface area contributed by atoms with Gasteiger partial charge in [0.2, 0.25) is 0 Å². The Morgan fingerprint density at radius 2 is 2.33 bits per heavy atom. The number of nitrogen functional groups attached to an aromatic ring is 1. The van der Waals surface area contributed by atoms with Crippen LogP contribution in [0.15, 0.2) is 18.3 Å². The maximum Gasteiger partial charge on any atom is 0.253 e. The van der Waals surface area contributed by atoms with Crippen LogP contribution in [-0.4, -0.2) is 29.6 Å². The van der Waals surface area contributed by atoms with Gasteiger partial charge in [0.1, 0.15) is 5.82 Å². The van der Waals surface area contributed by atoms with Gasteiger partial charge in [-0.05, 0) is 31.9 Å². The van der Waals surface area contributed by atoms with Crippen LogP contribution < -0.4 is 16.6 Å². The number of nitrogens with one attached hydrogen (secondary N) is 2. The van der Waals surface area contributed by atoms with Gasteiger partial charge in [-0.2, -0.15) is 0 Å². The second kappa shape index (κ2) is 5.79. The van der Waals surface area contributed by atoms with Crippen molar-refractivity contribution in [2.75, 3.05) is 12.0 Å². The van der Waals surface area contributed by atoms with Crippen LogP contribution in [0.2, 0.25) is 0 Å². The molecular formula is C12H18N4O2. The monoisotopic (exact) mass is 250 g/mol. The Kier molecular flexibility index (Phi) is 4.11. The van der Waals surface area contributed by atoms with Gasteiger partial charge in [-0.15, -0.1) is 0 Å². The number of anilines is 1. The summed E-state index contributed by atoms with van der Waals surface area (Å²) < 4.78 is 5.44. The molecule has 0 saturated heterocycles. The molecule has 1 saturated carbocycles. The molecule has 0 aliphatic heterocycles. The van der Waals surface area contributed by atoms with Crippen molar-refractivity contribution in [1.29, 1.82) is 0 Å². The Balaban J connectivity index is 1.81. The van der Waals surface area contributed by atoms with E-state index in [-0.39, 0.29) is 11.9 Å². The van der Waals surface area contributed by atoms with Crippen LogP contribution in [0.3, 0.4) is 0 Å². The van der Waals surface area contributed by atoms with Crippen LogP contribution in [0.5, 0.6) is 0 Å². The van der Waals surface area contributed by atoms with Crippen LogP contribution in [0.4, 0.5) is 5.82 Å². The fraction of sp³-hybridized carbons (Fsp3) is 0.500. The van der Waals surface area contributed by atoms with Crippen LogP contribution in [0.1, 0.15) is 30.1 Å². The summed E-state index contributed by atoms with van der Waals surface area (Å²) in [5, 5.41) is 2.95. The van der Waals surface area contributed by atoms with Gasteiger partial charge in [-0.3, -0.25) is 4.79 Å². The zero-order chi connectivity index (χ0) is 13.0. The van der Waals surface area contributed by atoms with Gasteiger partial charge in [0, 0.05) is 18.8 Å². The summed E-state index contributed by atoms with van der Waals surface area (Å²) in [6.45, 7) is 2.70. The fourth-order valence-electron chi connectivity index (χ4n) is 1.94. The van der Waals surface area contributed by atoms with Gasteiger partial charge in [0.05, 0.1) is 11.7 Å². The van der Waals surface area contributed by atoms with Crippen molar-refractivity contribution < 1.29 is 9.53 Å². The molecule has 1 aromatic heterocycles. The Hall–Kier alpha value is -1.66. The lowest BCUT2D eigenvalue weighted by atomic mass is 9.89. The topological polar surface area (TPSA) is 89.3 Å². The molecule has 18 heavy (non-hydrogen) atoms. The average Bonchev–Trinajstić information content (AvgIpc) is 2.36. The lowest BCUT2D eigenvalue weighted by Gasteiger charge is -2.35. The number of pyridine rings is 1. The highest BCUT2D eigenvalue weighted by molar-refractivity contribution is 5.94. The summed E-state index contributed by atoms with van der Waals surface area (Å²) in [5.41, 5.74) is 2.95. The lowest BCUT2D eigenvalue weighted by molar-refractivity contribution is -0.00862. The summed E-state index contributed by atoms with van der Waals surface area (Å²) in [7, 11) is 0. The van der Waals surface area contributed by atoms with Crippen molar-refractivity contribution in [2.45, 2.75) is 31.9 Å². The molecule has 1 aromatic rings. The number of carbonyl (C=O) groups is 1. The summed E-state index contributed by atoms with van der Waals surface area (Å²) in [4.78, 5) is 15.9. The normalized spacial score (nSPS) is 22.1. The number of nitrogens with zero attached hydrogens (tertiary/aromatic N) is 1. The van der Waals surface area contributed by atoms with Crippen molar-refractivity contribution in [1.82, 2.24) is 10.3 Å². The fourth-order valence-corrected chi connectivity index (χ4v) is 1.94. The molecule has 0 radical (unpaired) electrons. The van der Waals surface area contributed by atoms with Crippen LogP contribution >= 0.6 is 0 Å². The number of carbonyl (C=O) groups excluding carboxylic acids is 1. The first-order valence-corrected chi connectivity index (χ1v) is 6.08. The van der Waals surface area contributed by atoms with Gasteiger partial charge in [-0.1, -0.05) is 0 Å². The van der Waals surface area contributed by atoms with E-state index in [9.17, 15) is 4.79 Å². The molecule has 98 valence electrons. The van der Waals surface area contributed by atoms with Crippen molar-refractivity contribution in [3.8, 4) is 0 Å². The van der Waals surface area contributed by atoms with Crippen molar-refractivity contribution >= 4 is 11.7 Å². The summed E-state index contributed by atoms with van der Waals surface area (Å²) in [5.74, 6) is 5.63. The standard InChI is InChI=1S/C12H18N4O2/c1-2-18-10-5-9(6-10)15-12(17)8-3-4-11(16-13)14-7-8/h3-4,7,9-10H,2,5-6,13H2,1H3,(H,14,16)(H,15,17). The van der Waals surface area contributed by atoms with Crippen molar-refractivity contribution in [3.05, 3.63) is 23.9 Å². The highest BCUT2D eigenvalue weighted by atomic mass is 16.5. The third-order valence-electron chi connectivity index (χ3n) is 3.01. The van der Waals surface area contributed by atoms with E-state index in [0.29, 0.717) is 17.5 Å². The SMILES string of the molecule is CCOC1CC(NC(=O)c2ccc(NN)nc2)C1. The summed E-state index contributed by atoms with van der Waals surface area (Å²) >= 11 is 0. The van der Waals surface area contributed by atoms with Gasteiger partial charge >= 0.3 is 0 Å².